The van der Waals surface area contributed by atoms with Gasteiger partial charge in [0, 0.05) is 32.4 Å². The summed E-state index contributed by atoms with van der Waals surface area (Å²) >= 11 is 0. The summed E-state index contributed by atoms with van der Waals surface area (Å²) in [6.45, 7) is -0.137. The molecule has 4 atom stereocenters. The summed E-state index contributed by atoms with van der Waals surface area (Å²) in [5.41, 5.74) is -5.54. The van der Waals surface area contributed by atoms with E-state index < -0.39 is 73.5 Å². The maximum atomic E-state index is 14.9. The lowest BCUT2D eigenvalue weighted by atomic mass is 9.71. The van der Waals surface area contributed by atoms with Crippen LogP contribution in [0.2, 0.25) is 0 Å². The molecule has 2 fully saturated rings. The maximum absolute atomic E-state index is 14.9. The fraction of sp³-hybridized carbons (Fsp3) is 0.548. The van der Waals surface area contributed by atoms with Crippen molar-refractivity contribution < 1.29 is 50.2 Å². The smallest absolute Gasteiger partial charge is 0.387 e. The zero-order chi connectivity index (χ0) is 32.3. The van der Waals surface area contributed by atoms with Gasteiger partial charge in [-0.2, -0.15) is 13.2 Å². The number of piperidine rings is 1. The quantitative estimate of drug-likeness (QED) is 0.339. The van der Waals surface area contributed by atoms with Gasteiger partial charge in [0.25, 0.3) is 0 Å². The number of ketones is 1. The monoisotopic (exact) mass is 643 g/mol. The average molecular weight is 644 g/mol. The third kappa shape index (κ3) is 5.14. The van der Waals surface area contributed by atoms with E-state index in [1.807, 2.05) is 0 Å². The molecule has 13 heteroatoms. The first kappa shape index (κ1) is 32.5. The minimum absolute atomic E-state index is 0.0189. The van der Waals surface area contributed by atoms with Crippen LogP contribution in [-0.2, 0) is 36.3 Å². The maximum Gasteiger partial charge on any atom is 0.426 e. The summed E-state index contributed by atoms with van der Waals surface area (Å²) in [4.78, 5) is 26.5. The predicted octanol–water partition coefficient (Wildman–Crippen LogP) is 4.52. The average Bonchev–Trinajstić information content (AvgIpc) is 3.36. The molecular weight excluding hydrogens is 609 g/mol. The Morgan fingerprint density at radius 3 is 2.23 bits per heavy atom. The molecule has 2 N–H and O–H groups in total. The number of sulfone groups is 1. The number of benzene rings is 2. The van der Waals surface area contributed by atoms with Crippen LogP contribution in [0.3, 0.4) is 0 Å². The third-order valence-electron chi connectivity index (χ3n) is 10.1. The Bertz CT molecular complexity index is 1550. The molecule has 7 nitrogen and oxygen atoms in total. The van der Waals surface area contributed by atoms with Gasteiger partial charge < -0.3 is 15.1 Å². The Kier molecular flexibility index (Phi) is 8.24. The topological polar surface area (TPSA) is 112 Å². The predicted molar refractivity (Wildman–Crippen MR) is 148 cm³/mol. The number of likely N-dealkylation sites (tertiary alicyclic amines) is 1. The first-order chi connectivity index (χ1) is 20.5. The lowest BCUT2D eigenvalue weighted by Crippen LogP contribution is -2.52. The SMILES string of the molecule is CC(F)(c1ccc2c(c1)CC[C@H]1[C@H](CC(=O)C3(O)CCN(C(=O)CO)CC3)CC[C@@]21S(=O)(=O)c1ccc(F)cc1)C(F)(F)F. The Balaban J connectivity index is 1.52. The molecule has 2 aromatic carbocycles. The minimum atomic E-state index is -5.20. The summed E-state index contributed by atoms with van der Waals surface area (Å²) in [7, 11) is -4.32. The molecule has 1 heterocycles. The molecule has 0 bridgehead atoms. The Hall–Kier alpha value is -2.90. The Labute approximate surface area is 252 Å². The number of aliphatic hydroxyl groups excluding tert-OH is 1. The van der Waals surface area contributed by atoms with Gasteiger partial charge in [-0.15, -0.1) is 0 Å². The van der Waals surface area contributed by atoms with Crippen LogP contribution in [0.5, 0.6) is 0 Å². The van der Waals surface area contributed by atoms with Gasteiger partial charge in [0.1, 0.15) is 22.8 Å². The highest BCUT2D eigenvalue weighted by Gasteiger charge is 2.61. The third-order valence-corrected chi connectivity index (χ3v) is 12.6. The summed E-state index contributed by atoms with van der Waals surface area (Å²) < 4.78 is 96.6. The van der Waals surface area contributed by atoms with Crippen LogP contribution < -0.4 is 0 Å². The Morgan fingerprint density at radius 2 is 1.64 bits per heavy atom. The van der Waals surface area contributed by atoms with Crippen molar-refractivity contribution in [3.63, 3.8) is 0 Å². The van der Waals surface area contributed by atoms with E-state index in [9.17, 15) is 45.1 Å². The zero-order valence-electron chi connectivity index (χ0n) is 24.0. The molecule has 3 aliphatic rings. The largest absolute Gasteiger partial charge is 0.426 e. The highest BCUT2D eigenvalue weighted by atomic mass is 32.2. The van der Waals surface area contributed by atoms with E-state index in [1.54, 1.807) is 0 Å². The lowest BCUT2D eigenvalue weighted by molar-refractivity contribution is -0.228. The van der Waals surface area contributed by atoms with Gasteiger partial charge in [0.2, 0.25) is 11.6 Å². The second-order valence-electron chi connectivity index (χ2n) is 12.4. The summed E-state index contributed by atoms with van der Waals surface area (Å²) in [5, 5.41) is 20.3. The normalized spacial score (nSPS) is 26.4. The van der Waals surface area contributed by atoms with Crippen LogP contribution in [0.1, 0.15) is 62.1 Å². The molecule has 1 unspecified atom stereocenters. The highest BCUT2D eigenvalue weighted by Crippen LogP contribution is 2.60. The van der Waals surface area contributed by atoms with Gasteiger partial charge in [-0.1, -0.05) is 18.2 Å². The summed E-state index contributed by atoms with van der Waals surface area (Å²) in [6, 6.07) is 7.54. The van der Waals surface area contributed by atoms with Crippen LogP contribution >= 0.6 is 0 Å². The van der Waals surface area contributed by atoms with Gasteiger partial charge in [-0.05, 0) is 85.4 Å². The zero-order valence-corrected chi connectivity index (χ0v) is 24.9. The lowest BCUT2D eigenvalue weighted by Gasteiger charge is -2.43. The molecule has 2 aromatic rings. The molecule has 1 amide bonds. The number of carbonyl (C=O) groups excluding carboxylic acids is 2. The molecule has 0 aromatic heterocycles. The summed E-state index contributed by atoms with van der Waals surface area (Å²) in [5.74, 6) is -2.84. The number of alkyl halides is 4. The number of carbonyl (C=O) groups is 2. The van der Waals surface area contributed by atoms with Gasteiger partial charge in [-0.25, -0.2) is 17.2 Å². The van der Waals surface area contributed by atoms with Crippen molar-refractivity contribution in [2.24, 2.45) is 11.8 Å². The highest BCUT2D eigenvalue weighted by molar-refractivity contribution is 7.92. The number of amides is 1. The van der Waals surface area contributed by atoms with Gasteiger partial charge >= 0.3 is 6.18 Å². The van der Waals surface area contributed by atoms with Crippen molar-refractivity contribution in [3.05, 3.63) is 65.0 Å². The van der Waals surface area contributed by atoms with Crippen molar-refractivity contribution in [1.29, 1.82) is 0 Å². The van der Waals surface area contributed by atoms with Crippen molar-refractivity contribution in [2.45, 2.75) is 79.0 Å². The van der Waals surface area contributed by atoms with E-state index in [1.165, 1.54) is 11.0 Å². The second kappa shape index (κ2) is 11.2. The van der Waals surface area contributed by atoms with Crippen LogP contribution in [0.25, 0.3) is 0 Å². The van der Waals surface area contributed by atoms with E-state index in [2.05, 4.69) is 0 Å². The second-order valence-corrected chi connectivity index (χ2v) is 14.6. The molecule has 2 aliphatic carbocycles. The number of aliphatic hydroxyl groups is 2. The molecule has 1 saturated heterocycles. The standard InChI is InChI=1S/C31H34F5NO6S/c1-28(33,31(34,35)36)21-3-9-25-19(16-21)2-8-24-20(17-26(39)29(41)12-14-37(15-13-29)27(40)18-38)10-11-30(24,25)44(42,43)23-6-4-22(32)5-7-23/h3-7,9,16,20,24,38,41H,2,8,10-15,17-18H2,1H3/t20-,24-,28?,30-/m0/s1. The molecule has 0 radical (unpaired) electrons. The number of rotatable bonds is 7. The molecule has 240 valence electrons. The molecule has 44 heavy (non-hydrogen) atoms. The number of hydrogen-bond donors (Lipinski definition) is 2. The van der Waals surface area contributed by atoms with E-state index in [0.717, 1.165) is 36.4 Å². The molecule has 1 aliphatic heterocycles. The summed E-state index contributed by atoms with van der Waals surface area (Å²) in [6.07, 6.45) is -4.83. The fourth-order valence-corrected chi connectivity index (χ4v) is 9.93. The number of fused-ring (bicyclic) bond motifs is 3. The number of nitrogens with zero attached hydrogens (tertiary/aromatic N) is 1. The van der Waals surface area contributed by atoms with E-state index in [0.29, 0.717) is 6.92 Å². The number of Topliss-reactive ketones (excluding diaryl/α,β-unsaturated/α-hetero) is 1. The van der Waals surface area contributed by atoms with Crippen LogP contribution in [0.4, 0.5) is 22.0 Å². The fourth-order valence-electron chi connectivity index (χ4n) is 7.43. The molecule has 1 saturated carbocycles. The van der Waals surface area contributed by atoms with Crippen LogP contribution in [0, 0.1) is 17.7 Å². The van der Waals surface area contributed by atoms with Crippen molar-refractivity contribution in [2.75, 3.05) is 19.7 Å². The number of hydrogen-bond acceptors (Lipinski definition) is 6. The van der Waals surface area contributed by atoms with Gasteiger partial charge in [0.05, 0.1) is 4.90 Å². The first-order valence-electron chi connectivity index (χ1n) is 14.5. The van der Waals surface area contributed by atoms with E-state index in [4.69, 9.17) is 5.11 Å². The van der Waals surface area contributed by atoms with Crippen molar-refractivity contribution in [1.82, 2.24) is 4.90 Å². The van der Waals surface area contributed by atoms with Crippen molar-refractivity contribution in [3.8, 4) is 0 Å². The van der Waals surface area contributed by atoms with Gasteiger partial charge in [-0.3, -0.25) is 9.59 Å². The molecule has 0 spiro atoms. The Morgan fingerprint density at radius 1 is 1.00 bits per heavy atom. The van der Waals surface area contributed by atoms with Crippen molar-refractivity contribution >= 4 is 21.5 Å². The van der Waals surface area contributed by atoms with E-state index in [-0.39, 0.29) is 74.1 Å². The van der Waals surface area contributed by atoms with Gasteiger partial charge in [0.15, 0.2) is 15.6 Å². The number of halogens is 5. The minimum Gasteiger partial charge on any atom is -0.387 e. The molecular formula is C31H34F5NO6S. The van der Waals surface area contributed by atoms with Crippen LogP contribution in [-0.4, -0.2) is 66.7 Å². The first-order valence-corrected chi connectivity index (χ1v) is 16.0. The number of aryl methyl sites for hydroxylation is 1. The van der Waals surface area contributed by atoms with E-state index >= 15 is 0 Å². The van der Waals surface area contributed by atoms with Crippen LogP contribution in [0.15, 0.2) is 47.4 Å². The molecule has 5 rings (SSSR count).